The van der Waals surface area contributed by atoms with E-state index in [1.54, 1.807) is 0 Å². The van der Waals surface area contributed by atoms with Crippen LogP contribution in [0.15, 0.2) is 30.3 Å². The van der Waals surface area contributed by atoms with Crippen molar-refractivity contribution in [1.82, 2.24) is 10.2 Å². The van der Waals surface area contributed by atoms with E-state index in [1.807, 2.05) is 35.2 Å². The van der Waals surface area contributed by atoms with Gasteiger partial charge in [-0.1, -0.05) is 30.3 Å². The molecule has 1 N–H and O–H groups in total. The number of aryl methyl sites for hydroxylation is 1. The number of rotatable bonds is 5. The number of nitrogens with zero attached hydrogens (tertiary/aromatic N) is 1. The molecule has 5 nitrogen and oxygen atoms in total. The summed E-state index contributed by atoms with van der Waals surface area (Å²) >= 11 is 0. The average molecular weight is 330 g/mol. The molecule has 0 aliphatic carbocycles. The van der Waals surface area contributed by atoms with Crippen LogP contribution in [0.25, 0.3) is 0 Å². The smallest absolute Gasteiger partial charge is 0.251 e. The van der Waals surface area contributed by atoms with E-state index in [0.29, 0.717) is 26.1 Å². The molecule has 1 atom stereocenters. The van der Waals surface area contributed by atoms with Crippen molar-refractivity contribution in [2.24, 2.45) is 0 Å². The first kappa shape index (κ1) is 17.0. The number of carbonyl (C=O) groups excluding carboxylic acids is 2. The lowest BCUT2D eigenvalue weighted by Gasteiger charge is -2.33. The van der Waals surface area contributed by atoms with Crippen LogP contribution in [0, 0.1) is 0 Å². The molecule has 1 aromatic rings. The van der Waals surface area contributed by atoms with Crippen molar-refractivity contribution >= 4 is 11.8 Å². The summed E-state index contributed by atoms with van der Waals surface area (Å²) in [5.74, 6) is 0.226. The van der Waals surface area contributed by atoms with Crippen LogP contribution in [0.3, 0.4) is 0 Å². The molecule has 2 aliphatic rings. The molecule has 0 radical (unpaired) electrons. The van der Waals surface area contributed by atoms with Crippen LogP contribution in [0.1, 0.15) is 37.7 Å². The highest BCUT2D eigenvalue weighted by Gasteiger charge is 2.31. The van der Waals surface area contributed by atoms with E-state index >= 15 is 0 Å². The molecular formula is C19H26N2O3. The Morgan fingerprint density at radius 1 is 1.12 bits per heavy atom. The van der Waals surface area contributed by atoms with Gasteiger partial charge >= 0.3 is 0 Å². The van der Waals surface area contributed by atoms with Gasteiger partial charge in [-0.05, 0) is 37.7 Å². The van der Waals surface area contributed by atoms with Gasteiger partial charge in [0.1, 0.15) is 6.10 Å². The Kier molecular flexibility index (Phi) is 5.86. The van der Waals surface area contributed by atoms with Crippen LogP contribution >= 0.6 is 0 Å². The topological polar surface area (TPSA) is 58.6 Å². The number of ether oxygens (including phenoxy) is 1. The van der Waals surface area contributed by atoms with Crippen LogP contribution in [0.5, 0.6) is 0 Å². The first-order valence-corrected chi connectivity index (χ1v) is 8.96. The average Bonchev–Trinajstić information content (AvgIpc) is 3.16. The Bertz CT molecular complexity index is 547. The van der Waals surface area contributed by atoms with Crippen molar-refractivity contribution in [3.05, 3.63) is 35.9 Å². The molecule has 0 aromatic heterocycles. The van der Waals surface area contributed by atoms with Crippen LogP contribution in [-0.4, -0.2) is 48.6 Å². The lowest BCUT2D eigenvalue weighted by atomic mass is 10.0. The fourth-order valence-corrected chi connectivity index (χ4v) is 3.42. The van der Waals surface area contributed by atoms with Gasteiger partial charge in [0.15, 0.2) is 0 Å². The van der Waals surface area contributed by atoms with Gasteiger partial charge in [0, 0.05) is 32.2 Å². The van der Waals surface area contributed by atoms with Crippen LogP contribution in [-0.2, 0) is 20.7 Å². The van der Waals surface area contributed by atoms with Crippen molar-refractivity contribution in [1.29, 1.82) is 0 Å². The Balaban J connectivity index is 1.37. The lowest BCUT2D eigenvalue weighted by Crippen LogP contribution is -2.49. The molecule has 130 valence electrons. The highest BCUT2D eigenvalue weighted by Crippen LogP contribution is 2.18. The SMILES string of the molecule is O=C(CCc1ccccc1)NC1CCN(C(=O)C2CCCO2)CC1. The first-order chi connectivity index (χ1) is 11.7. The van der Waals surface area contributed by atoms with E-state index in [0.717, 1.165) is 32.1 Å². The number of carbonyl (C=O) groups is 2. The molecule has 24 heavy (non-hydrogen) atoms. The third-order valence-corrected chi connectivity index (χ3v) is 4.86. The summed E-state index contributed by atoms with van der Waals surface area (Å²) in [7, 11) is 0. The van der Waals surface area contributed by atoms with Gasteiger partial charge in [0.05, 0.1) is 0 Å². The third-order valence-electron chi connectivity index (χ3n) is 4.86. The maximum Gasteiger partial charge on any atom is 0.251 e. The van der Waals surface area contributed by atoms with Gasteiger partial charge in [-0.3, -0.25) is 9.59 Å². The highest BCUT2D eigenvalue weighted by atomic mass is 16.5. The lowest BCUT2D eigenvalue weighted by molar-refractivity contribution is -0.142. The van der Waals surface area contributed by atoms with Gasteiger partial charge in [-0.15, -0.1) is 0 Å². The fourth-order valence-electron chi connectivity index (χ4n) is 3.42. The number of benzene rings is 1. The van der Waals surface area contributed by atoms with Crippen molar-refractivity contribution in [2.75, 3.05) is 19.7 Å². The Morgan fingerprint density at radius 2 is 1.88 bits per heavy atom. The summed E-state index contributed by atoms with van der Waals surface area (Å²) in [6.07, 6.45) is 4.52. The third kappa shape index (κ3) is 4.57. The summed E-state index contributed by atoms with van der Waals surface area (Å²) in [4.78, 5) is 26.3. The van der Waals surface area contributed by atoms with E-state index < -0.39 is 0 Å². The fraction of sp³-hybridized carbons (Fsp3) is 0.579. The number of hydrogen-bond acceptors (Lipinski definition) is 3. The molecule has 0 spiro atoms. The number of hydrogen-bond donors (Lipinski definition) is 1. The standard InChI is InChI=1S/C19H26N2O3/c22-18(9-8-15-5-2-1-3-6-15)20-16-10-12-21(13-11-16)19(23)17-7-4-14-24-17/h1-3,5-6,16-17H,4,7-14H2,(H,20,22). The molecule has 1 unspecified atom stereocenters. The second-order valence-corrected chi connectivity index (χ2v) is 6.65. The molecule has 2 saturated heterocycles. The summed E-state index contributed by atoms with van der Waals surface area (Å²) < 4.78 is 5.47. The molecular weight excluding hydrogens is 304 g/mol. The Hall–Kier alpha value is -1.88. The largest absolute Gasteiger partial charge is 0.368 e. The highest BCUT2D eigenvalue weighted by molar-refractivity contribution is 5.81. The van der Waals surface area contributed by atoms with Crippen molar-refractivity contribution in [3.8, 4) is 0 Å². The number of amides is 2. The van der Waals surface area contributed by atoms with E-state index in [2.05, 4.69) is 5.32 Å². The second-order valence-electron chi connectivity index (χ2n) is 6.65. The molecule has 2 fully saturated rings. The van der Waals surface area contributed by atoms with Crippen molar-refractivity contribution < 1.29 is 14.3 Å². The molecule has 0 bridgehead atoms. The second kappa shape index (κ2) is 8.29. The zero-order chi connectivity index (χ0) is 16.8. The predicted octanol–water partition coefficient (Wildman–Crippen LogP) is 1.91. The maximum atomic E-state index is 12.3. The molecule has 2 amide bonds. The van der Waals surface area contributed by atoms with Gasteiger partial charge < -0.3 is 15.0 Å². The van der Waals surface area contributed by atoms with Gasteiger partial charge in [0.25, 0.3) is 5.91 Å². The summed E-state index contributed by atoms with van der Waals surface area (Å²) in [5.41, 5.74) is 1.18. The molecule has 5 heteroatoms. The Morgan fingerprint density at radius 3 is 2.54 bits per heavy atom. The van der Waals surface area contributed by atoms with E-state index in [-0.39, 0.29) is 24.0 Å². The molecule has 0 saturated carbocycles. The van der Waals surface area contributed by atoms with E-state index in [9.17, 15) is 9.59 Å². The quantitative estimate of drug-likeness (QED) is 0.897. The zero-order valence-electron chi connectivity index (χ0n) is 14.1. The number of nitrogens with one attached hydrogen (secondary N) is 1. The Labute approximate surface area is 143 Å². The maximum absolute atomic E-state index is 12.3. The predicted molar refractivity (Wildman–Crippen MR) is 91.5 cm³/mol. The molecule has 2 aliphatic heterocycles. The van der Waals surface area contributed by atoms with Crippen molar-refractivity contribution in [3.63, 3.8) is 0 Å². The van der Waals surface area contributed by atoms with Gasteiger partial charge in [0.2, 0.25) is 5.91 Å². The minimum Gasteiger partial charge on any atom is -0.368 e. The zero-order valence-corrected chi connectivity index (χ0v) is 14.1. The van der Waals surface area contributed by atoms with Crippen LogP contribution < -0.4 is 5.32 Å². The van der Waals surface area contributed by atoms with Crippen molar-refractivity contribution in [2.45, 2.75) is 50.7 Å². The van der Waals surface area contributed by atoms with Gasteiger partial charge in [-0.25, -0.2) is 0 Å². The first-order valence-electron chi connectivity index (χ1n) is 8.96. The summed E-state index contributed by atoms with van der Waals surface area (Å²) in [5, 5.41) is 3.11. The minimum absolute atomic E-state index is 0.0998. The normalized spacial score (nSPS) is 21.7. The van der Waals surface area contributed by atoms with E-state index in [4.69, 9.17) is 4.74 Å². The number of piperidine rings is 1. The summed E-state index contributed by atoms with van der Waals surface area (Å²) in [6, 6.07) is 10.2. The van der Waals surface area contributed by atoms with Gasteiger partial charge in [-0.2, -0.15) is 0 Å². The minimum atomic E-state index is -0.234. The van der Waals surface area contributed by atoms with E-state index in [1.165, 1.54) is 5.56 Å². The monoisotopic (exact) mass is 330 g/mol. The summed E-state index contributed by atoms with van der Waals surface area (Å²) in [6.45, 7) is 2.12. The molecule has 1 aromatic carbocycles. The molecule has 3 rings (SSSR count). The number of likely N-dealkylation sites (tertiary alicyclic amines) is 1. The molecule has 2 heterocycles. The van der Waals surface area contributed by atoms with Crippen LogP contribution in [0.4, 0.5) is 0 Å². The van der Waals surface area contributed by atoms with Crippen LogP contribution in [0.2, 0.25) is 0 Å².